The fraction of sp³-hybridized carbons (Fsp3) is 0.0833. The van der Waals surface area contributed by atoms with Crippen molar-refractivity contribution < 1.29 is 8.42 Å². The summed E-state index contributed by atoms with van der Waals surface area (Å²) in [6.07, 6.45) is 3.32. The van der Waals surface area contributed by atoms with Crippen molar-refractivity contribution in [2.45, 2.75) is 17.9 Å². The molecule has 0 fully saturated rings. The number of hydrogen-bond acceptors (Lipinski definition) is 2. The van der Waals surface area contributed by atoms with Crippen LogP contribution in [0.25, 0.3) is 6.08 Å². The van der Waals surface area contributed by atoms with Crippen molar-refractivity contribution >= 4 is 21.8 Å². The molecular formula is C24H23NO2S. The van der Waals surface area contributed by atoms with Crippen LogP contribution in [0.4, 0.5) is 5.69 Å². The summed E-state index contributed by atoms with van der Waals surface area (Å²) in [5, 5.41) is 0. The first-order valence-corrected chi connectivity index (χ1v) is 10.4. The number of aryl methyl sites for hydroxylation is 1. The molecule has 1 unspecified atom stereocenters. The first kappa shape index (κ1) is 19.6. The van der Waals surface area contributed by atoms with Crippen LogP contribution in [0.5, 0.6) is 0 Å². The van der Waals surface area contributed by atoms with Crippen molar-refractivity contribution in [2.75, 3.05) is 4.31 Å². The maximum atomic E-state index is 13.7. The second-order valence-corrected chi connectivity index (χ2v) is 8.28. The van der Waals surface area contributed by atoms with Gasteiger partial charge in [-0.1, -0.05) is 85.0 Å². The predicted molar refractivity (Wildman–Crippen MR) is 117 cm³/mol. The maximum Gasteiger partial charge on any atom is 0.265 e. The Morgan fingerprint density at radius 3 is 2.07 bits per heavy atom. The standard InChI is InChI=1S/C24H23NO2S/c1-4-20-11-9-10-14-24(20)25(23(5-2)21-12-7-6-8-13-21)28(26,27)22-17-15-19(3)16-18-22/h4-18,23H,1-2H2,3H3. The van der Waals surface area contributed by atoms with Crippen LogP contribution in [0.15, 0.2) is 103 Å². The Balaban J connectivity index is 2.26. The van der Waals surface area contributed by atoms with Gasteiger partial charge in [-0.3, -0.25) is 4.31 Å². The highest BCUT2D eigenvalue weighted by molar-refractivity contribution is 7.92. The molecule has 0 saturated carbocycles. The molecule has 0 spiro atoms. The van der Waals surface area contributed by atoms with Crippen molar-refractivity contribution in [3.8, 4) is 0 Å². The van der Waals surface area contributed by atoms with Crippen molar-refractivity contribution in [3.63, 3.8) is 0 Å². The van der Waals surface area contributed by atoms with Crippen LogP contribution >= 0.6 is 0 Å². The van der Waals surface area contributed by atoms with Gasteiger partial charge in [0.15, 0.2) is 0 Å². The van der Waals surface area contributed by atoms with Gasteiger partial charge in [-0.2, -0.15) is 0 Å². The minimum atomic E-state index is -3.85. The normalized spacial score (nSPS) is 12.2. The fourth-order valence-corrected chi connectivity index (χ4v) is 4.77. The van der Waals surface area contributed by atoms with E-state index in [1.54, 1.807) is 42.5 Å². The van der Waals surface area contributed by atoms with Crippen LogP contribution in [0, 0.1) is 6.92 Å². The van der Waals surface area contributed by atoms with Gasteiger partial charge in [-0.25, -0.2) is 8.42 Å². The lowest BCUT2D eigenvalue weighted by atomic mass is 10.1. The van der Waals surface area contributed by atoms with Crippen molar-refractivity contribution in [3.05, 3.63) is 115 Å². The zero-order chi connectivity index (χ0) is 20.1. The number of nitrogens with zero attached hydrogens (tertiary/aromatic N) is 1. The van der Waals surface area contributed by atoms with Crippen LogP contribution in [0.1, 0.15) is 22.7 Å². The molecule has 0 aliphatic carbocycles. The van der Waals surface area contributed by atoms with Crippen LogP contribution in [0.3, 0.4) is 0 Å². The van der Waals surface area contributed by atoms with Crippen LogP contribution in [0.2, 0.25) is 0 Å². The van der Waals surface area contributed by atoms with Gasteiger partial charge in [-0.05, 0) is 36.2 Å². The number of para-hydroxylation sites is 1. The molecule has 0 N–H and O–H groups in total. The topological polar surface area (TPSA) is 37.4 Å². The third-order valence-electron chi connectivity index (χ3n) is 4.59. The number of benzene rings is 3. The molecular weight excluding hydrogens is 366 g/mol. The van der Waals surface area contributed by atoms with Crippen LogP contribution < -0.4 is 4.31 Å². The fourth-order valence-electron chi connectivity index (χ4n) is 3.13. The number of hydrogen-bond donors (Lipinski definition) is 0. The molecule has 0 radical (unpaired) electrons. The van der Waals surface area contributed by atoms with Gasteiger partial charge in [0.25, 0.3) is 10.0 Å². The molecule has 3 aromatic carbocycles. The van der Waals surface area contributed by atoms with E-state index in [0.717, 1.165) is 16.7 Å². The van der Waals surface area contributed by atoms with Gasteiger partial charge in [-0.15, -0.1) is 6.58 Å². The monoisotopic (exact) mass is 389 g/mol. The van der Waals surface area contributed by atoms with Gasteiger partial charge >= 0.3 is 0 Å². The van der Waals surface area contributed by atoms with E-state index in [0.29, 0.717) is 5.69 Å². The molecule has 3 nitrogen and oxygen atoms in total. The Morgan fingerprint density at radius 1 is 0.857 bits per heavy atom. The minimum Gasteiger partial charge on any atom is -0.254 e. The quantitative estimate of drug-likeness (QED) is 0.482. The summed E-state index contributed by atoms with van der Waals surface area (Å²) in [6, 6.07) is 23.1. The summed E-state index contributed by atoms with van der Waals surface area (Å²) in [7, 11) is -3.85. The molecule has 3 rings (SSSR count). The molecule has 0 amide bonds. The third-order valence-corrected chi connectivity index (χ3v) is 6.40. The molecule has 142 valence electrons. The lowest BCUT2D eigenvalue weighted by molar-refractivity contribution is 0.586. The lowest BCUT2D eigenvalue weighted by Crippen LogP contribution is -2.34. The summed E-state index contributed by atoms with van der Waals surface area (Å²) >= 11 is 0. The Hall–Kier alpha value is -3.11. The average Bonchev–Trinajstić information content (AvgIpc) is 2.72. The second-order valence-electron chi connectivity index (χ2n) is 6.47. The van der Waals surface area contributed by atoms with E-state index in [2.05, 4.69) is 13.2 Å². The highest BCUT2D eigenvalue weighted by Gasteiger charge is 2.32. The molecule has 1 atom stereocenters. The summed E-state index contributed by atoms with van der Waals surface area (Å²) < 4.78 is 28.9. The first-order valence-electron chi connectivity index (χ1n) is 8.99. The molecule has 0 heterocycles. The average molecular weight is 390 g/mol. The van der Waals surface area contributed by atoms with Gasteiger partial charge in [0.2, 0.25) is 0 Å². The van der Waals surface area contributed by atoms with Crippen LogP contribution in [-0.2, 0) is 10.0 Å². The first-order chi connectivity index (χ1) is 13.5. The third kappa shape index (κ3) is 3.78. The van der Waals surface area contributed by atoms with E-state index in [-0.39, 0.29) is 4.90 Å². The van der Waals surface area contributed by atoms with Crippen molar-refractivity contribution in [1.29, 1.82) is 0 Å². The zero-order valence-electron chi connectivity index (χ0n) is 15.8. The summed E-state index contributed by atoms with van der Waals surface area (Å²) in [5.41, 5.74) is 3.14. The maximum absolute atomic E-state index is 13.7. The Bertz CT molecular complexity index is 1070. The van der Waals surface area contributed by atoms with E-state index < -0.39 is 16.1 Å². The van der Waals surface area contributed by atoms with E-state index in [4.69, 9.17) is 0 Å². The number of rotatable bonds is 7. The van der Waals surface area contributed by atoms with Crippen LogP contribution in [-0.4, -0.2) is 8.42 Å². The lowest BCUT2D eigenvalue weighted by Gasteiger charge is -2.32. The molecule has 28 heavy (non-hydrogen) atoms. The van der Waals surface area contributed by atoms with Crippen molar-refractivity contribution in [1.82, 2.24) is 0 Å². The van der Waals surface area contributed by atoms with Gasteiger partial charge < -0.3 is 0 Å². The molecule has 0 aliphatic rings. The molecule has 0 bridgehead atoms. The molecule has 3 aromatic rings. The Labute approximate surface area is 167 Å². The summed E-state index contributed by atoms with van der Waals surface area (Å²) in [6.45, 7) is 9.71. The van der Waals surface area contributed by atoms with E-state index in [1.807, 2.05) is 55.5 Å². The zero-order valence-corrected chi connectivity index (χ0v) is 16.6. The minimum absolute atomic E-state index is 0.236. The van der Waals surface area contributed by atoms with Gasteiger partial charge in [0.05, 0.1) is 16.6 Å². The molecule has 0 aromatic heterocycles. The number of anilines is 1. The Kier molecular flexibility index (Phi) is 5.81. The second kappa shape index (κ2) is 8.28. The predicted octanol–water partition coefficient (Wildman–Crippen LogP) is 5.76. The summed E-state index contributed by atoms with van der Waals surface area (Å²) in [4.78, 5) is 0.236. The smallest absolute Gasteiger partial charge is 0.254 e. The Morgan fingerprint density at radius 2 is 1.46 bits per heavy atom. The summed E-state index contributed by atoms with van der Waals surface area (Å²) in [5.74, 6) is 0. The highest BCUT2D eigenvalue weighted by atomic mass is 32.2. The molecule has 4 heteroatoms. The van der Waals surface area contributed by atoms with E-state index >= 15 is 0 Å². The van der Waals surface area contributed by atoms with Gasteiger partial charge in [0, 0.05) is 0 Å². The van der Waals surface area contributed by atoms with E-state index in [1.165, 1.54) is 4.31 Å². The highest BCUT2D eigenvalue weighted by Crippen LogP contribution is 2.36. The SMILES string of the molecule is C=Cc1ccccc1N(C(C=C)c1ccccc1)S(=O)(=O)c1ccc(C)cc1. The molecule has 0 aliphatic heterocycles. The van der Waals surface area contributed by atoms with Crippen molar-refractivity contribution in [2.24, 2.45) is 0 Å². The van der Waals surface area contributed by atoms with E-state index in [9.17, 15) is 8.42 Å². The largest absolute Gasteiger partial charge is 0.265 e. The molecule has 0 saturated heterocycles. The van der Waals surface area contributed by atoms with Gasteiger partial charge in [0.1, 0.15) is 0 Å². The number of sulfonamides is 1.